The topological polar surface area (TPSA) is 72.2 Å². The first-order valence-corrected chi connectivity index (χ1v) is 8.80. The highest BCUT2D eigenvalue weighted by Crippen LogP contribution is 2.31. The van der Waals surface area contributed by atoms with Crippen LogP contribution in [0.4, 0.5) is 0 Å². The number of hydrogen-bond donors (Lipinski definition) is 2. The van der Waals surface area contributed by atoms with Crippen LogP contribution in [0.1, 0.15) is 38.7 Å². The Hall–Kier alpha value is -1.40. The lowest BCUT2D eigenvalue weighted by molar-refractivity contribution is 0.131. The lowest BCUT2D eigenvalue weighted by Crippen LogP contribution is -2.45. The zero-order chi connectivity index (χ0) is 16.4. The van der Waals surface area contributed by atoms with Crippen LogP contribution in [0.15, 0.2) is 15.8 Å². The smallest absolute Gasteiger partial charge is 0.314 e. The lowest BCUT2D eigenvalue weighted by atomic mass is 10.0. The average molecular weight is 320 g/mol. The minimum Gasteiger partial charge on any atom is -0.314 e. The second-order valence-electron chi connectivity index (χ2n) is 7.44. The molecule has 6 heteroatoms. The summed E-state index contributed by atoms with van der Waals surface area (Å²) >= 11 is 0. The Morgan fingerprint density at radius 1 is 1.26 bits per heavy atom. The summed E-state index contributed by atoms with van der Waals surface area (Å²) in [4.78, 5) is 33.0. The first-order valence-electron chi connectivity index (χ1n) is 8.80. The summed E-state index contributed by atoms with van der Waals surface area (Å²) in [5.74, 6) is 1.51. The molecule has 0 radical (unpaired) electrons. The Kier molecular flexibility index (Phi) is 5.02. The van der Waals surface area contributed by atoms with Gasteiger partial charge in [0, 0.05) is 37.4 Å². The van der Waals surface area contributed by atoms with Gasteiger partial charge < -0.3 is 4.98 Å². The van der Waals surface area contributed by atoms with Crippen molar-refractivity contribution in [3.63, 3.8) is 0 Å². The van der Waals surface area contributed by atoms with E-state index in [1.807, 2.05) is 0 Å². The van der Waals surface area contributed by atoms with E-state index in [1.165, 1.54) is 19.4 Å². The van der Waals surface area contributed by atoms with Crippen LogP contribution < -0.4 is 11.2 Å². The summed E-state index contributed by atoms with van der Waals surface area (Å²) < 4.78 is 0. The molecule has 1 aromatic heterocycles. The maximum atomic E-state index is 11.9. The largest absolute Gasteiger partial charge is 0.325 e. The van der Waals surface area contributed by atoms with Crippen LogP contribution in [0, 0.1) is 11.8 Å². The zero-order valence-corrected chi connectivity index (χ0v) is 14.2. The summed E-state index contributed by atoms with van der Waals surface area (Å²) in [5, 5.41) is 0. The van der Waals surface area contributed by atoms with E-state index < -0.39 is 5.69 Å². The van der Waals surface area contributed by atoms with Crippen molar-refractivity contribution in [2.75, 3.05) is 26.2 Å². The van der Waals surface area contributed by atoms with Crippen LogP contribution in [-0.2, 0) is 6.54 Å². The van der Waals surface area contributed by atoms with Crippen molar-refractivity contribution in [2.24, 2.45) is 11.8 Å². The molecule has 2 heterocycles. The molecule has 128 valence electrons. The van der Waals surface area contributed by atoms with Gasteiger partial charge in [-0.2, -0.15) is 0 Å². The fourth-order valence-corrected chi connectivity index (χ4v) is 3.57. The van der Waals surface area contributed by atoms with Crippen molar-refractivity contribution in [1.82, 2.24) is 19.8 Å². The Bertz CT molecular complexity index is 632. The zero-order valence-electron chi connectivity index (χ0n) is 14.2. The van der Waals surface area contributed by atoms with E-state index in [0.717, 1.165) is 32.0 Å². The molecule has 1 aliphatic heterocycles. The molecule has 3 rings (SSSR count). The first-order chi connectivity index (χ1) is 11.0. The highest BCUT2D eigenvalue weighted by molar-refractivity contribution is 5.03. The van der Waals surface area contributed by atoms with E-state index in [0.29, 0.717) is 24.1 Å². The molecule has 1 saturated heterocycles. The molecule has 2 N–H and O–H groups in total. The second-order valence-corrected chi connectivity index (χ2v) is 7.44. The van der Waals surface area contributed by atoms with Gasteiger partial charge in [0.05, 0.1) is 0 Å². The fraction of sp³-hybridized carbons (Fsp3) is 0.765. The van der Waals surface area contributed by atoms with Gasteiger partial charge in [-0.15, -0.1) is 0 Å². The first kappa shape index (κ1) is 16.5. The Balaban J connectivity index is 1.70. The van der Waals surface area contributed by atoms with Crippen molar-refractivity contribution >= 4 is 0 Å². The Labute approximate surface area is 136 Å². The van der Waals surface area contributed by atoms with Gasteiger partial charge in [-0.1, -0.05) is 13.8 Å². The van der Waals surface area contributed by atoms with Gasteiger partial charge in [0.1, 0.15) is 0 Å². The van der Waals surface area contributed by atoms with Gasteiger partial charge in [-0.25, -0.2) is 4.79 Å². The summed E-state index contributed by atoms with van der Waals surface area (Å²) in [7, 11) is 0. The fourth-order valence-electron chi connectivity index (χ4n) is 3.57. The number of nitrogens with one attached hydrogen (secondary N) is 2. The molecule has 0 amide bonds. The Morgan fingerprint density at radius 3 is 2.70 bits per heavy atom. The molecule has 6 nitrogen and oxygen atoms in total. The van der Waals surface area contributed by atoms with Crippen molar-refractivity contribution in [1.29, 1.82) is 0 Å². The molecule has 1 aliphatic carbocycles. The summed E-state index contributed by atoms with van der Waals surface area (Å²) in [6, 6.07) is 0.542. The molecule has 0 spiro atoms. The van der Waals surface area contributed by atoms with E-state index >= 15 is 0 Å². The van der Waals surface area contributed by atoms with Crippen LogP contribution in [0.2, 0.25) is 0 Å². The number of hydrogen-bond acceptors (Lipinski definition) is 4. The summed E-state index contributed by atoms with van der Waals surface area (Å²) in [6.45, 7) is 9.56. The highest BCUT2D eigenvalue weighted by Gasteiger charge is 2.32. The molecule has 1 saturated carbocycles. The number of aromatic nitrogens is 2. The average Bonchev–Trinajstić information content (AvgIpc) is 3.30. The molecule has 2 fully saturated rings. The second kappa shape index (κ2) is 7.01. The predicted molar refractivity (Wildman–Crippen MR) is 90.5 cm³/mol. The maximum absolute atomic E-state index is 11.9. The standard InChI is InChI=1S/C17H28N4O2/c1-12(2)15-11-20(6-3-7-21(15)9-13-4-5-13)10-14-8-18-17(23)19-16(14)22/h8,12-13,15H,3-7,9-11H2,1-2H3,(H2,18,19,22,23)/t15-/m1/s1. The molecule has 0 bridgehead atoms. The maximum Gasteiger partial charge on any atom is 0.325 e. The molecule has 2 aliphatic rings. The van der Waals surface area contributed by atoms with E-state index in [2.05, 4.69) is 33.6 Å². The van der Waals surface area contributed by atoms with Gasteiger partial charge in [-0.3, -0.25) is 19.6 Å². The third-order valence-corrected chi connectivity index (χ3v) is 5.08. The third-order valence-electron chi connectivity index (χ3n) is 5.08. The van der Waals surface area contributed by atoms with E-state index in [9.17, 15) is 9.59 Å². The SMILES string of the molecule is CC(C)[C@H]1CN(Cc2c[nH]c(=O)[nH]c2=O)CCCN1CC1CC1. The molecule has 1 aromatic rings. The summed E-state index contributed by atoms with van der Waals surface area (Å²) in [5.41, 5.74) is -0.0676. The van der Waals surface area contributed by atoms with E-state index in [-0.39, 0.29) is 5.56 Å². The number of rotatable bonds is 5. The van der Waals surface area contributed by atoms with Gasteiger partial charge in [0.2, 0.25) is 0 Å². The third kappa shape index (κ3) is 4.32. The summed E-state index contributed by atoms with van der Waals surface area (Å²) in [6.07, 6.45) is 5.46. The molecule has 0 aromatic carbocycles. The van der Waals surface area contributed by atoms with Gasteiger partial charge in [0.15, 0.2) is 0 Å². The monoisotopic (exact) mass is 320 g/mol. The van der Waals surface area contributed by atoms with Gasteiger partial charge in [-0.05, 0) is 44.2 Å². The van der Waals surface area contributed by atoms with Crippen LogP contribution in [0.5, 0.6) is 0 Å². The van der Waals surface area contributed by atoms with Crippen LogP contribution >= 0.6 is 0 Å². The minimum absolute atomic E-state index is 0.270. The normalized spacial score (nSPS) is 24.0. The molecule has 0 unspecified atom stereocenters. The highest BCUT2D eigenvalue weighted by atomic mass is 16.2. The van der Waals surface area contributed by atoms with Gasteiger partial charge in [0.25, 0.3) is 5.56 Å². The number of aromatic amines is 2. The van der Waals surface area contributed by atoms with Crippen LogP contribution in [0.25, 0.3) is 0 Å². The number of nitrogens with zero attached hydrogens (tertiary/aromatic N) is 2. The van der Waals surface area contributed by atoms with Crippen LogP contribution in [-0.4, -0.2) is 52.0 Å². The molecular weight excluding hydrogens is 292 g/mol. The lowest BCUT2D eigenvalue weighted by Gasteiger charge is -2.34. The minimum atomic E-state index is -0.440. The predicted octanol–water partition coefficient (Wildman–Crippen LogP) is 1.01. The van der Waals surface area contributed by atoms with Gasteiger partial charge >= 0.3 is 5.69 Å². The van der Waals surface area contributed by atoms with Crippen molar-refractivity contribution in [3.8, 4) is 0 Å². The van der Waals surface area contributed by atoms with E-state index in [1.54, 1.807) is 6.20 Å². The molecular formula is C17H28N4O2. The Morgan fingerprint density at radius 2 is 2.04 bits per heavy atom. The van der Waals surface area contributed by atoms with Crippen LogP contribution in [0.3, 0.4) is 0 Å². The van der Waals surface area contributed by atoms with E-state index in [4.69, 9.17) is 0 Å². The number of H-pyrrole nitrogens is 2. The van der Waals surface area contributed by atoms with Crippen molar-refractivity contribution in [2.45, 2.75) is 45.7 Å². The van der Waals surface area contributed by atoms with Crippen molar-refractivity contribution < 1.29 is 0 Å². The quantitative estimate of drug-likeness (QED) is 0.849. The molecule has 1 atom stereocenters. The molecule has 23 heavy (non-hydrogen) atoms. The van der Waals surface area contributed by atoms with Crippen molar-refractivity contribution in [3.05, 3.63) is 32.6 Å².